The Morgan fingerprint density at radius 1 is 1.43 bits per heavy atom. The Morgan fingerprint density at radius 3 is 2.79 bits per heavy atom. The van der Waals surface area contributed by atoms with E-state index in [1.807, 2.05) is 6.92 Å². The summed E-state index contributed by atoms with van der Waals surface area (Å²) in [6.07, 6.45) is 4.42. The molecule has 0 aromatic carbocycles. The Morgan fingerprint density at radius 2 is 2.21 bits per heavy atom. The van der Waals surface area contributed by atoms with Gasteiger partial charge < -0.3 is 16.4 Å². The molecule has 4 N–H and O–H groups in total. The zero-order chi connectivity index (χ0) is 10.4. The molecule has 1 fully saturated rings. The molecule has 1 aliphatic carbocycles. The summed E-state index contributed by atoms with van der Waals surface area (Å²) in [5.41, 5.74) is 5.89. The largest absolute Gasteiger partial charge is 0.338 e. The van der Waals surface area contributed by atoms with E-state index in [9.17, 15) is 4.79 Å². The minimum Gasteiger partial charge on any atom is -0.338 e. The van der Waals surface area contributed by atoms with Crippen LogP contribution in [-0.2, 0) is 0 Å². The van der Waals surface area contributed by atoms with E-state index >= 15 is 0 Å². The van der Waals surface area contributed by atoms with E-state index in [-0.39, 0.29) is 12.1 Å². The fourth-order valence-corrected chi connectivity index (χ4v) is 1.84. The van der Waals surface area contributed by atoms with Crippen LogP contribution in [0.3, 0.4) is 0 Å². The summed E-state index contributed by atoms with van der Waals surface area (Å²) in [4.78, 5) is 11.2. The summed E-state index contributed by atoms with van der Waals surface area (Å²) in [6, 6.07) is 0.215. The molecular formula is C10H21N3O. The predicted octanol–water partition coefficient (Wildman–Crippen LogP) is 0.823. The molecule has 0 aromatic rings. The smallest absolute Gasteiger partial charge is 0.314 e. The molecule has 0 saturated heterocycles. The molecule has 0 aliphatic heterocycles. The molecule has 0 aromatic heterocycles. The number of carbonyl (C=O) groups is 1. The van der Waals surface area contributed by atoms with Crippen LogP contribution in [0, 0.1) is 5.92 Å². The van der Waals surface area contributed by atoms with Crippen LogP contribution in [0.25, 0.3) is 0 Å². The zero-order valence-electron chi connectivity index (χ0n) is 8.88. The van der Waals surface area contributed by atoms with Gasteiger partial charge in [0.15, 0.2) is 0 Å². The maximum atomic E-state index is 11.2. The summed E-state index contributed by atoms with van der Waals surface area (Å²) in [5.74, 6) is 0.474. The van der Waals surface area contributed by atoms with Crippen molar-refractivity contribution in [2.45, 2.75) is 38.6 Å². The van der Waals surface area contributed by atoms with Crippen LogP contribution in [0.2, 0.25) is 0 Å². The van der Waals surface area contributed by atoms with Crippen molar-refractivity contribution in [2.24, 2.45) is 11.7 Å². The average Bonchev–Trinajstić information content (AvgIpc) is 2.58. The number of nitrogens with one attached hydrogen (secondary N) is 2. The Kier molecular flexibility index (Phi) is 4.73. The molecule has 0 radical (unpaired) electrons. The second kappa shape index (κ2) is 5.86. The van der Waals surface area contributed by atoms with E-state index < -0.39 is 0 Å². The SMILES string of the molecule is CCCNC(=O)NCC1CCCC1N. The predicted molar refractivity (Wildman–Crippen MR) is 57.0 cm³/mol. The lowest BCUT2D eigenvalue weighted by atomic mass is 10.1. The highest BCUT2D eigenvalue weighted by molar-refractivity contribution is 5.73. The van der Waals surface area contributed by atoms with Gasteiger partial charge >= 0.3 is 6.03 Å². The molecule has 1 saturated carbocycles. The molecule has 2 unspecified atom stereocenters. The number of carbonyl (C=O) groups excluding carboxylic acids is 1. The number of rotatable bonds is 4. The first-order valence-corrected chi connectivity index (χ1v) is 5.51. The molecule has 14 heavy (non-hydrogen) atoms. The number of hydrogen-bond donors (Lipinski definition) is 3. The summed E-state index contributed by atoms with van der Waals surface area (Å²) >= 11 is 0. The fraction of sp³-hybridized carbons (Fsp3) is 0.900. The first-order valence-electron chi connectivity index (χ1n) is 5.51. The van der Waals surface area contributed by atoms with Crippen LogP contribution in [-0.4, -0.2) is 25.2 Å². The maximum Gasteiger partial charge on any atom is 0.314 e. The van der Waals surface area contributed by atoms with Crippen LogP contribution in [0.15, 0.2) is 0 Å². The van der Waals surface area contributed by atoms with Crippen molar-refractivity contribution < 1.29 is 4.79 Å². The highest BCUT2D eigenvalue weighted by atomic mass is 16.2. The third-order valence-corrected chi connectivity index (χ3v) is 2.78. The Hall–Kier alpha value is -0.770. The van der Waals surface area contributed by atoms with Crippen molar-refractivity contribution in [3.63, 3.8) is 0 Å². The van der Waals surface area contributed by atoms with Gasteiger partial charge in [-0.2, -0.15) is 0 Å². The average molecular weight is 199 g/mol. The van der Waals surface area contributed by atoms with Crippen LogP contribution < -0.4 is 16.4 Å². The quantitative estimate of drug-likeness (QED) is 0.627. The van der Waals surface area contributed by atoms with Crippen LogP contribution in [0.1, 0.15) is 32.6 Å². The van der Waals surface area contributed by atoms with Gasteiger partial charge in [0.05, 0.1) is 0 Å². The van der Waals surface area contributed by atoms with E-state index in [0.717, 1.165) is 32.4 Å². The van der Waals surface area contributed by atoms with Crippen molar-refractivity contribution in [3.8, 4) is 0 Å². The van der Waals surface area contributed by atoms with Crippen molar-refractivity contribution >= 4 is 6.03 Å². The topological polar surface area (TPSA) is 67.2 Å². The molecule has 82 valence electrons. The van der Waals surface area contributed by atoms with Crippen LogP contribution in [0.4, 0.5) is 4.79 Å². The molecule has 1 rings (SSSR count). The number of nitrogens with two attached hydrogens (primary N) is 1. The molecule has 0 heterocycles. The molecule has 0 spiro atoms. The first kappa shape index (κ1) is 11.3. The summed E-state index contributed by atoms with van der Waals surface area (Å²) in [7, 11) is 0. The lowest BCUT2D eigenvalue weighted by molar-refractivity contribution is 0.238. The number of hydrogen-bond acceptors (Lipinski definition) is 2. The van der Waals surface area contributed by atoms with Gasteiger partial charge in [-0.25, -0.2) is 4.79 Å². The van der Waals surface area contributed by atoms with Gasteiger partial charge in [-0.05, 0) is 25.2 Å². The normalized spacial score (nSPS) is 26.1. The number of urea groups is 1. The van der Waals surface area contributed by atoms with E-state index in [2.05, 4.69) is 10.6 Å². The van der Waals surface area contributed by atoms with Crippen molar-refractivity contribution in [2.75, 3.05) is 13.1 Å². The molecular weight excluding hydrogens is 178 g/mol. The van der Waals surface area contributed by atoms with Gasteiger partial charge in [0.1, 0.15) is 0 Å². The molecule has 2 amide bonds. The summed E-state index contributed by atoms with van der Waals surface area (Å²) in [5, 5.41) is 5.64. The summed E-state index contributed by atoms with van der Waals surface area (Å²) in [6.45, 7) is 3.49. The monoisotopic (exact) mass is 199 g/mol. The van der Waals surface area contributed by atoms with Gasteiger partial charge in [0.2, 0.25) is 0 Å². The number of amides is 2. The van der Waals surface area contributed by atoms with Crippen LogP contribution in [0.5, 0.6) is 0 Å². The highest BCUT2D eigenvalue weighted by Gasteiger charge is 2.23. The highest BCUT2D eigenvalue weighted by Crippen LogP contribution is 2.22. The third kappa shape index (κ3) is 3.54. The van der Waals surface area contributed by atoms with E-state index in [1.54, 1.807) is 0 Å². The Balaban J connectivity index is 2.10. The van der Waals surface area contributed by atoms with Crippen molar-refractivity contribution in [3.05, 3.63) is 0 Å². The van der Waals surface area contributed by atoms with Gasteiger partial charge in [0, 0.05) is 19.1 Å². The van der Waals surface area contributed by atoms with E-state index in [4.69, 9.17) is 5.73 Å². The molecule has 0 bridgehead atoms. The first-order chi connectivity index (χ1) is 6.74. The van der Waals surface area contributed by atoms with E-state index in [1.165, 1.54) is 6.42 Å². The lowest BCUT2D eigenvalue weighted by Crippen LogP contribution is -2.41. The van der Waals surface area contributed by atoms with Gasteiger partial charge in [0.25, 0.3) is 0 Å². The zero-order valence-corrected chi connectivity index (χ0v) is 8.88. The van der Waals surface area contributed by atoms with Gasteiger partial charge in [-0.15, -0.1) is 0 Å². The maximum absolute atomic E-state index is 11.2. The van der Waals surface area contributed by atoms with Crippen molar-refractivity contribution in [1.29, 1.82) is 0 Å². The molecule has 4 heteroatoms. The van der Waals surface area contributed by atoms with Crippen molar-refractivity contribution in [1.82, 2.24) is 10.6 Å². The second-order valence-corrected chi connectivity index (χ2v) is 3.99. The second-order valence-electron chi connectivity index (χ2n) is 3.99. The standard InChI is InChI=1S/C10H21N3O/c1-2-6-12-10(14)13-7-8-4-3-5-9(8)11/h8-9H,2-7,11H2,1H3,(H2,12,13,14). The molecule has 1 aliphatic rings. The van der Waals surface area contributed by atoms with Gasteiger partial charge in [-0.3, -0.25) is 0 Å². The Bertz CT molecular complexity index is 184. The lowest BCUT2D eigenvalue weighted by Gasteiger charge is -2.15. The van der Waals surface area contributed by atoms with Gasteiger partial charge in [-0.1, -0.05) is 13.3 Å². The van der Waals surface area contributed by atoms with Crippen LogP contribution >= 0.6 is 0 Å². The minimum atomic E-state index is -0.0639. The molecule has 2 atom stereocenters. The fourth-order valence-electron chi connectivity index (χ4n) is 1.84. The Labute approximate surface area is 85.6 Å². The summed E-state index contributed by atoms with van der Waals surface area (Å²) < 4.78 is 0. The third-order valence-electron chi connectivity index (χ3n) is 2.78. The minimum absolute atomic E-state index is 0.0639. The van der Waals surface area contributed by atoms with E-state index in [0.29, 0.717) is 5.92 Å². The molecule has 4 nitrogen and oxygen atoms in total.